The second kappa shape index (κ2) is 7.39. The van der Waals surface area contributed by atoms with Crippen molar-refractivity contribution in [1.82, 2.24) is 14.8 Å². The van der Waals surface area contributed by atoms with Crippen LogP contribution >= 0.6 is 0 Å². The Labute approximate surface area is 170 Å². The molecule has 2 aromatic rings. The zero-order valence-electron chi connectivity index (χ0n) is 17.0. The summed E-state index contributed by atoms with van der Waals surface area (Å²) >= 11 is 0. The van der Waals surface area contributed by atoms with E-state index in [1.54, 1.807) is 15.5 Å². The third-order valence-electron chi connectivity index (χ3n) is 5.87. The lowest BCUT2D eigenvalue weighted by Gasteiger charge is -2.32. The Morgan fingerprint density at radius 1 is 1.14 bits per heavy atom. The maximum atomic E-state index is 13.0. The molecule has 0 bridgehead atoms. The predicted molar refractivity (Wildman–Crippen MR) is 110 cm³/mol. The fourth-order valence-corrected chi connectivity index (χ4v) is 4.13. The quantitative estimate of drug-likeness (QED) is 0.811. The summed E-state index contributed by atoms with van der Waals surface area (Å²) in [6.07, 6.45) is 2.88. The van der Waals surface area contributed by atoms with E-state index >= 15 is 0 Å². The van der Waals surface area contributed by atoms with Crippen LogP contribution in [0.2, 0.25) is 0 Å². The second-order valence-electron chi connectivity index (χ2n) is 8.11. The van der Waals surface area contributed by atoms with Gasteiger partial charge in [-0.2, -0.15) is 0 Å². The van der Waals surface area contributed by atoms with Crippen molar-refractivity contribution in [1.29, 1.82) is 0 Å². The molecule has 0 radical (unpaired) electrons. The van der Waals surface area contributed by atoms with Crippen LogP contribution in [0, 0.1) is 0 Å². The number of carbonyl (C=O) groups excluding carboxylic acids is 3. The van der Waals surface area contributed by atoms with Gasteiger partial charge in [0.1, 0.15) is 11.7 Å². The Morgan fingerprint density at radius 3 is 2.48 bits per heavy atom. The highest BCUT2D eigenvalue weighted by molar-refractivity contribution is 6.21. The van der Waals surface area contributed by atoms with Gasteiger partial charge in [-0.1, -0.05) is 26.0 Å². The summed E-state index contributed by atoms with van der Waals surface area (Å²) in [5, 5.41) is 3.02. The van der Waals surface area contributed by atoms with Gasteiger partial charge < -0.3 is 14.8 Å². The Balaban J connectivity index is 1.48. The fourth-order valence-electron chi connectivity index (χ4n) is 4.13. The molecule has 2 saturated heterocycles. The molecule has 7 heteroatoms. The number of imide groups is 1. The molecule has 2 aliphatic rings. The first kappa shape index (κ1) is 19.2. The molecule has 152 valence electrons. The minimum absolute atomic E-state index is 0.140. The van der Waals surface area contributed by atoms with Crippen molar-refractivity contribution in [2.45, 2.75) is 44.7 Å². The molecule has 3 heterocycles. The van der Waals surface area contributed by atoms with Crippen LogP contribution in [0.3, 0.4) is 0 Å². The number of fused-ring (bicyclic) bond motifs is 1. The first-order chi connectivity index (χ1) is 13.9. The van der Waals surface area contributed by atoms with Crippen molar-refractivity contribution in [3.8, 4) is 0 Å². The number of rotatable bonds is 4. The Morgan fingerprint density at radius 2 is 1.86 bits per heavy atom. The average molecular weight is 394 g/mol. The average Bonchev–Trinajstić information content (AvgIpc) is 3.23. The van der Waals surface area contributed by atoms with E-state index < -0.39 is 6.04 Å². The number of anilines is 1. The number of nitrogens with zero attached hydrogens (tertiary/aromatic N) is 3. The molecular formula is C22H26N4O3. The minimum atomic E-state index is -0.528. The number of nitrogens with one attached hydrogen (secondary N) is 1. The van der Waals surface area contributed by atoms with E-state index in [0.29, 0.717) is 36.7 Å². The highest BCUT2D eigenvalue weighted by Gasteiger charge is 2.48. The molecule has 4 amide bonds. The Hall–Kier alpha value is -3.09. The SMILES string of the molecule is CC(C)c1ccc(N2C(=O)C3CC(NC(=O)c4cccn4C)CCN3C2=O)cc1. The standard InChI is InChI=1S/C22H26N4O3/c1-14(2)15-6-8-17(9-7-15)26-21(28)19-13-16(10-12-25(19)22(26)29)23-20(27)18-5-4-11-24(18)3/h4-9,11,14,16,19H,10,12-13H2,1-3H3,(H,23,27). The molecular weight excluding hydrogens is 368 g/mol. The van der Waals surface area contributed by atoms with Crippen LogP contribution < -0.4 is 10.2 Å². The normalized spacial score (nSPS) is 21.7. The van der Waals surface area contributed by atoms with Gasteiger partial charge in [0.05, 0.1) is 5.69 Å². The van der Waals surface area contributed by atoms with Gasteiger partial charge in [0.15, 0.2) is 0 Å². The summed E-state index contributed by atoms with van der Waals surface area (Å²) in [5.74, 6) is 0.00734. The summed E-state index contributed by atoms with van der Waals surface area (Å²) in [4.78, 5) is 41.3. The number of piperidine rings is 1. The maximum absolute atomic E-state index is 13.0. The van der Waals surface area contributed by atoms with Gasteiger partial charge in [0.2, 0.25) is 0 Å². The molecule has 0 saturated carbocycles. The molecule has 2 unspecified atom stereocenters. The predicted octanol–water partition coefficient (Wildman–Crippen LogP) is 2.88. The van der Waals surface area contributed by atoms with Crippen LogP contribution in [0.15, 0.2) is 42.6 Å². The number of benzene rings is 1. The maximum Gasteiger partial charge on any atom is 0.332 e. The molecule has 2 atom stereocenters. The lowest BCUT2D eigenvalue weighted by Crippen LogP contribution is -2.50. The summed E-state index contributed by atoms with van der Waals surface area (Å²) in [5.41, 5.74) is 2.34. The van der Waals surface area contributed by atoms with Crippen molar-refractivity contribution in [3.63, 3.8) is 0 Å². The topological polar surface area (TPSA) is 74.7 Å². The molecule has 1 aromatic carbocycles. The van der Waals surface area contributed by atoms with Gasteiger partial charge in [-0.15, -0.1) is 0 Å². The van der Waals surface area contributed by atoms with Crippen LogP contribution in [0.5, 0.6) is 0 Å². The number of hydrogen-bond acceptors (Lipinski definition) is 3. The molecule has 2 aliphatic heterocycles. The zero-order valence-corrected chi connectivity index (χ0v) is 17.0. The molecule has 29 heavy (non-hydrogen) atoms. The van der Waals surface area contributed by atoms with Gasteiger partial charge in [0, 0.05) is 25.8 Å². The van der Waals surface area contributed by atoms with Crippen LogP contribution in [0.25, 0.3) is 0 Å². The zero-order chi connectivity index (χ0) is 20.7. The van der Waals surface area contributed by atoms with Gasteiger partial charge >= 0.3 is 6.03 Å². The van der Waals surface area contributed by atoms with Crippen molar-refractivity contribution >= 4 is 23.5 Å². The Kier molecular flexibility index (Phi) is 4.90. The third kappa shape index (κ3) is 3.41. The van der Waals surface area contributed by atoms with Gasteiger partial charge in [-0.25, -0.2) is 9.69 Å². The van der Waals surface area contributed by atoms with Crippen molar-refractivity contribution in [2.24, 2.45) is 7.05 Å². The van der Waals surface area contributed by atoms with Crippen LogP contribution in [0.1, 0.15) is 48.7 Å². The van der Waals surface area contributed by atoms with E-state index in [0.717, 1.165) is 5.56 Å². The first-order valence-corrected chi connectivity index (χ1v) is 10.0. The number of hydrogen-bond donors (Lipinski definition) is 1. The summed E-state index contributed by atoms with van der Waals surface area (Å²) in [6.45, 7) is 4.66. The van der Waals surface area contributed by atoms with E-state index in [4.69, 9.17) is 0 Å². The first-order valence-electron chi connectivity index (χ1n) is 10.0. The van der Waals surface area contributed by atoms with Crippen LogP contribution in [0.4, 0.5) is 10.5 Å². The molecule has 0 spiro atoms. The number of urea groups is 1. The summed E-state index contributed by atoms with van der Waals surface area (Å²) < 4.78 is 1.76. The molecule has 1 aromatic heterocycles. The summed E-state index contributed by atoms with van der Waals surface area (Å²) in [7, 11) is 1.82. The van der Waals surface area contributed by atoms with E-state index in [1.165, 1.54) is 4.90 Å². The lowest BCUT2D eigenvalue weighted by molar-refractivity contribution is -0.120. The van der Waals surface area contributed by atoms with E-state index in [1.807, 2.05) is 43.6 Å². The van der Waals surface area contributed by atoms with Gasteiger partial charge in [-0.3, -0.25) is 9.59 Å². The minimum Gasteiger partial charge on any atom is -0.348 e. The fraction of sp³-hybridized carbons (Fsp3) is 0.409. The van der Waals surface area contributed by atoms with E-state index in [2.05, 4.69) is 19.2 Å². The van der Waals surface area contributed by atoms with Crippen LogP contribution in [-0.4, -0.2) is 45.9 Å². The van der Waals surface area contributed by atoms with E-state index in [9.17, 15) is 14.4 Å². The molecule has 7 nitrogen and oxygen atoms in total. The van der Waals surface area contributed by atoms with Crippen molar-refractivity contribution in [3.05, 3.63) is 53.9 Å². The lowest BCUT2D eigenvalue weighted by atomic mass is 9.97. The molecule has 1 N–H and O–H groups in total. The smallest absolute Gasteiger partial charge is 0.332 e. The third-order valence-corrected chi connectivity index (χ3v) is 5.87. The number of aryl methyl sites for hydroxylation is 1. The number of aromatic nitrogens is 1. The van der Waals surface area contributed by atoms with Crippen LogP contribution in [-0.2, 0) is 11.8 Å². The number of amides is 4. The molecule has 0 aliphatic carbocycles. The van der Waals surface area contributed by atoms with Crippen molar-refractivity contribution in [2.75, 3.05) is 11.4 Å². The van der Waals surface area contributed by atoms with Gasteiger partial charge in [0.25, 0.3) is 11.8 Å². The Bertz CT molecular complexity index is 947. The van der Waals surface area contributed by atoms with E-state index in [-0.39, 0.29) is 23.9 Å². The summed E-state index contributed by atoms with van der Waals surface area (Å²) in [6, 6.07) is 10.2. The molecule has 2 fully saturated rings. The monoisotopic (exact) mass is 394 g/mol. The van der Waals surface area contributed by atoms with Gasteiger partial charge in [-0.05, 0) is 48.6 Å². The largest absolute Gasteiger partial charge is 0.348 e. The molecule has 4 rings (SSSR count). The second-order valence-corrected chi connectivity index (χ2v) is 8.11. The van der Waals surface area contributed by atoms with Crippen molar-refractivity contribution < 1.29 is 14.4 Å². The highest BCUT2D eigenvalue weighted by atomic mass is 16.2. The number of carbonyl (C=O) groups is 3. The highest BCUT2D eigenvalue weighted by Crippen LogP contribution is 2.31.